The Morgan fingerprint density at radius 2 is 2.03 bits per heavy atom. The first-order chi connectivity index (χ1) is 14.4. The van der Waals surface area contributed by atoms with Gasteiger partial charge in [-0.3, -0.25) is 9.48 Å². The number of anilines is 2. The molecule has 0 radical (unpaired) electrons. The van der Waals surface area contributed by atoms with Crippen LogP contribution in [0.4, 0.5) is 20.3 Å². The van der Waals surface area contributed by atoms with Crippen LogP contribution in [0.2, 0.25) is 0 Å². The highest BCUT2D eigenvalue weighted by Crippen LogP contribution is 2.36. The fourth-order valence-electron chi connectivity index (χ4n) is 4.51. The maximum atomic E-state index is 13.4. The summed E-state index contributed by atoms with van der Waals surface area (Å²) in [7, 11) is 1.86. The van der Waals surface area contributed by atoms with Gasteiger partial charge in [-0.1, -0.05) is 6.07 Å². The zero-order chi connectivity index (χ0) is 21.4. The first kappa shape index (κ1) is 20.8. The molecule has 3 heterocycles. The zero-order valence-corrected chi connectivity index (χ0v) is 17.8. The number of hydrogen-bond donors (Lipinski definition) is 1. The number of hydrogen-bond acceptors (Lipinski definition) is 4. The highest BCUT2D eigenvalue weighted by Gasteiger charge is 2.31. The zero-order valence-electron chi connectivity index (χ0n) is 17.8. The molecule has 1 fully saturated rings. The van der Waals surface area contributed by atoms with Gasteiger partial charge in [0.2, 0.25) is 5.91 Å². The average molecular weight is 418 g/mol. The largest absolute Gasteiger partial charge is 0.338 e. The summed E-state index contributed by atoms with van der Waals surface area (Å²) in [6, 6.07) is 5.44. The summed E-state index contributed by atoms with van der Waals surface area (Å²) < 4.78 is 29.0. The minimum absolute atomic E-state index is 0.0383. The molecule has 4 rings (SSSR count). The molecule has 0 bridgehead atoms. The Labute approximate surface area is 175 Å². The predicted octanol–water partition coefficient (Wildman–Crippen LogP) is 3.73. The summed E-state index contributed by atoms with van der Waals surface area (Å²) >= 11 is 0. The van der Waals surface area contributed by atoms with Crippen molar-refractivity contribution in [3.8, 4) is 0 Å². The Balaban J connectivity index is 1.76. The third-order valence-electron chi connectivity index (χ3n) is 6.37. The highest BCUT2D eigenvalue weighted by molar-refractivity contribution is 5.74. The van der Waals surface area contributed by atoms with E-state index in [1.54, 1.807) is 26.0 Å². The maximum Gasteiger partial charge on any atom is 0.264 e. The Morgan fingerprint density at radius 3 is 2.70 bits per heavy atom. The van der Waals surface area contributed by atoms with Gasteiger partial charge in [0.1, 0.15) is 0 Å². The lowest BCUT2D eigenvalue weighted by Crippen LogP contribution is -2.36. The number of nitrogens with one attached hydrogen (secondary N) is 1. The van der Waals surface area contributed by atoms with E-state index in [0.29, 0.717) is 30.4 Å². The Hall–Kier alpha value is -2.48. The van der Waals surface area contributed by atoms with E-state index < -0.39 is 6.43 Å². The third-order valence-corrected chi connectivity index (χ3v) is 6.37. The smallest absolute Gasteiger partial charge is 0.264 e. The van der Waals surface area contributed by atoms with Crippen LogP contribution in [-0.4, -0.2) is 47.3 Å². The van der Waals surface area contributed by atoms with E-state index in [-0.39, 0.29) is 11.5 Å². The Kier molecular flexibility index (Phi) is 5.77. The number of carbonyl (C=O) groups is 1. The van der Waals surface area contributed by atoms with E-state index in [0.717, 1.165) is 43.7 Å². The van der Waals surface area contributed by atoms with Gasteiger partial charge in [-0.25, -0.2) is 8.78 Å². The van der Waals surface area contributed by atoms with Crippen molar-refractivity contribution in [3.63, 3.8) is 0 Å². The summed E-state index contributed by atoms with van der Waals surface area (Å²) in [6.45, 7) is 6.38. The Morgan fingerprint density at radius 1 is 1.30 bits per heavy atom. The average Bonchev–Trinajstić information content (AvgIpc) is 3.13. The first-order valence-corrected chi connectivity index (χ1v) is 10.6. The van der Waals surface area contributed by atoms with Gasteiger partial charge in [-0.15, -0.1) is 0 Å². The number of halogens is 2. The number of aryl methyl sites for hydroxylation is 1. The summed E-state index contributed by atoms with van der Waals surface area (Å²) in [5.74, 6) is 0.790. The molecule has 0 spiro atoms. The van der Waals surface area contributed by atoms with Crippen molar-refractivity contribution in [2.45, 2.75) is 52.1 Å². The van der Waals surface area contributed by atoms with Crippen LogP contribution in [0, 0.1) is 6.92 Å². The van der Waals surface area contributed by atoms with Crippen LogP contribution in [-0.2, 0) is 17.8 Å². The van der Waals surface area contributed by atoms with Gasteiger partial charge in [0.25, 0.3) is 6.43 Å². The summed E-state index contributed by atoms with van der Waals surface area (Å²) in [5.41, 5.74) is 3.48. The third kappa shape index (κ3) is 3.80. The van der Waals surface area contributed by atoms with Crippen LogP contribution < -0.4 is 10.2 Å². The number of nitrogens with zero attached hydrogens (tertiary/aromatic N) is 4. The summed E-state index contributed by atoms with van der Waals surface area (Å²) in [6.07, 6.45) is 0.255. The van der Waals surface area contributed by atoms with Crippen LogP contribution in [0.15, 0.2) is 18.2 Å². The fraction of sp³-hybridized carbons (Fsp3) is 0.545. The van der Waals surface area contributed by atoms with Crippen LogP contribution in [0.1, 0.15) is 54.6 Å². The molecule has 0 unspecified atom stereocenters. The predicted molar refractivity (Wildman–Crippen MR) is 112 cm³/mol. The van der Waals surface area contributed by atoms with Crippen LogP contribution >= 0.6 is 0 Å². The maximum absolute atomic E-state index is 13.4. The van der Waals surface area contributed by atoms with Gasteiger partial charge < -0.3 is 15.1 Å². The first-order valence-electron chi connectivity index (χ1n) is 10.6. The molecule has 2 aromatic rings. The molecule has 1 amide bonds. The number of fused-ring (bicyclic) bond motifs is 1. The quantitative estimate of drug-likeness (QED) is 0.824. The number of piperidine rings is 1. The van der Waals surface area contributed by atoms with Crippen LogP contribution in [0.5, 0.6) is 0 Å². The second-order valence-corrected chi connectivity index (χ2v) is 8.27. The van der Waals surface area contributed by atoms with Crippen molar-refractivity contribution < 1.29 is 13.6 Å². The molecular formula is C22H29F2N5O. The molecule has 2 aliphatic rings. The lowest BCUT2D eigenvalue weighted by atomic mass is 10.0. The molecule has 1 aromatic heterocycles. The second-order valence-electron chi connectivity index (χ2n) is 8.27. The fourth-order valence-corrected chi connectivity index (χ4v) is 4.51. The number of rotatable bonds is 4. The van der Waals surface area contributed by atoms with Gasteiger partial charge >= 0.3 is 0 Å². The van der Waals surface area contributed by atoms with Gasteiger partial charge in [0, 0.05) is 49.4 Å². The molecule has 0 saturated carbocycles. The van der Waals surface area contributed by atoms with E-state index in [9.17, 15) is 13.6 Å². The lowest BCUT2D eigenvalue weighted by molar-refractivity contribution is -0.129. The van der Waals surface area contributed by atoms with Gasteiger partial charge in [-0.05, 0) is 50.6 Å². The van der Waals surface area contributed by atoms with E-state index in [2.05, 4.69) is 10.00 Å². The van der Waals surface area contributed by atoms with Crippen molar-refractivity contribution in [3.05, 3.63) is 40.6 Å². The Bertz CT molecular complexity index is 936. The number of aromatic nitrogens is 2. The van der Waals surface area contributed by atoms with Crippen molar-refractivity contribution in [2.24, 2.45) is 0 Å². The summed E-state index contributed by atoms with van der Waals surface area (Å²) in [4.78, 5) is 15.7. The minimum atomic E-state index is -2.52. The van der Waals surface area contributed by atoms with E-state index in [1.165, 1.54) is 5.69 Å². The van der Waals surface area contributed by atoms with Crippen molar-refractivity contribution in [1.29, 1.82) is 0 Å². The van der Waals surface area contributed by atoms with Crippen LogP contribution in [0.3, 0.4) is 0 Å². The topological polar surface area (TPSA) is 53.4 Å². The minimum Gasteiger partial charge on any atom is -0.338 e. The molecule has 1 aromatic carbocycles. The molecular weight excluding hydrogens is 388 g/mol. The number of alkyl halides is 2. The van der Waals surface area contributed by atoms with Crippen LogP contribution in [0.25, 0.3) is 0 Å². The molecule has 8 heteroatoms. The summed E-state index contributed by atoms with van der Waals surface area (Å²) in [5, 5.41) is 8.36. The van der Waals surface area contributed by atoms with Gasteiger partial charge in [0.15, 0.2) is 5.82 Å². The molecule has 6 nitrogen and oxygen atoms in total. The van der Waals surface area contributed by atoms with E-state index in [4.69, 9.17) is 5.10 Å². The van der Waals surface area contributed by atoms with E-state index >= 15 is 0 Å². The molecule has 1 saturated heterocycles. The molecule has 0 atom stereocenters. The number of carbonyl (C=O) groups excluding carboxylic acids is 1. The molecule has 30 heavy (non-hydrogen) atoms. The highest BCUT2D eigenvalue weighted by atomic mass is 19.3. The lowest BCUT2D eigenvalue weighted by Gasteiger charge is -2.30. The van der Waals surface area contributed by atoms with Gasteiger partial charge in [-0.2, -0.15) is 5.10 Å². The molecule has 2 aliphatic heterocycles. The second kappa shape index (κ2) is 8.34. The monoisotopic (exact) mass is 417 g/mol. The standard InChI is InChI=1S/C22H29F2N5O/c1-14-4-5-17(12-18(14)21(23)24)27(3)22-19-13-28(15(2)30)11-8-20(19)29(26-22)16-6-9-25-10-7-16/h4-5,12,16,21,25H,6-11,13H2,1-3H3. The SMILES string of the molecule is CC(=O)N1CCc2c(c(N(C)c3ccc(C)c(C(F)F)c3)nn2C2CCNCC2)C1. The number of amides is 1. The normalized spacial score (nSPS) is 17.3. The molecule has 162 valence electrons. The van der Waals surface area contributed by atoms with Crippen molar-refractivity contribution >= 4 is 17.4 Å². The van der Waals surface area contributed by atoms with Crippen molar-refractivity contribution in [1.82, 2.24) is 20.0 Å². The molecule has 1 N–H and O–H groups in total. The number of benzene rings is 1. The molecule has 0 aliphatic carbocycles. The van der Waals surface area contributed by atoms with Gasteiger partial charge in [0.05, 0.1) is 12.6 Å². The van der Waals surface area contributed by atoms with E-state index in [1.807, 2.05) is 22.9 Å². The van der Waals surface area contributed by atoms with Crippen molar-refractivity contribution in [2.75, 3.05) is 31.6 Å².